The Morgan fingerprint density at radius 3 is 2.53 bits per heavy atom. The molecule has 0 radical (unpaired) electrons. The Kier molecular flexibility index (Phi) is 4.86. The fourth-order valence-corrected chi connectivity index (χ4v) is 2.27. The second kappa shape index (κ2) is 6.42. The molecule has 100 valence electrons. The van der Waals surface area contributed by atoms with Crippen molar-refractivity contribution in [2.24, 2.45) is 0 Å². The Morgan fingerprint density at radius 2 is 1.89 bits per heavy atom. The molecule has 2 aromatic carbocycles. The molecule has 2 N–H and O–H groups in total. The zero-order valence-electron chi connectivity index (χ0n) is 10.5. The number of aromatic hydroxyl groups is 1. The molecule has 0 fully saturated rings. The molecule has 2 aromatic rings. The van der Waals surface area contributed by atoms with Gasteiger partial charge >= 0.3 is 0 Å². The summed E-state index contributed by atoms with van der Waals surface area (Å²) in [6, 6.07) is 13.7. The first-order valence-corrected chi connectivity index (χ1v) is 7.19. The van der Waals surface area contributed by atoms with Crippen LogP contribution in [0, 0.1) is 0 Å². The van der Waals surface area contributed by atoms with Gasteiger partial charge in [-0.15, -0.1) is 0 Å². The van der Waals surface area contributed by atoms with Crippen LogP contribution in [0.3, 0.4) is 0 Å². The fraction of sp³-hybridized carbons (Fsp3) is 0.200. The first-order chi connectivity index (χ1) is 9.06. The lowest BCUT2D eigenvalue weighted by Crippen LogP contribution is -2.17. The van der Waals surface area contributed by atoms with E-state index in [-0.39, 0.29) is 11.8 Å². The van der Waals surface area contributed by atoms with Crippen LogP contribution in [-0.2, 0) is 6.54 Å². The molecule has 2 rings (SSSR count). The molecule has 0 heterocycles. The normalized spacial score (nSPS) is 12.4. The largest absolute Gasteiger partial charge is 0.506 e. The summed E-state index contributed by atoms with van der Waals surface area (Å²) in [5, 5.41) is 13.2. The van der Waals surface area contributed by atoms with Gasteiger partial charge in [-0.1, -0.05) is 45.7 Å². The van der Waals surface area contributed by atoms with Crippen molar-refractivity contribution in [2.75, 3.05) is 0 Å². The molecule has 0 amide bonds. The van der Waals surface area contributed by atoms with Gasteiger partial charge in [0, 0.05) is 17.1 Å². The molecule has 1 unspecified atom stereocenters. The maximum absolute atomic E-state index is 9.37. The maximum atomic E-state index is 9.37. The van der Waals surface area contributed by atoms with E-state index in [9.17, 15) is 5.11 Å². The minimum absolute atomic E-state index is 0.117. The Balaban J connectivity index is 1.98. The number of nitrogens with one attached hydrogen (secondary N) is 1. The summed E-state index contributed by atoms with van der Waals surface area (Å²) < 4.78 is 1.08. The van der Waals surface area contributed by atoms with Gasteiger partial charge in [-0.05, 0) is 42.3 Å². The predicted octanol–water partition coefficient (Wildman–Crippen LogP) is 4.66. The van der Waals surface area contributed by atoms with E-state index in [0.717, 1.165) is 10.0 Å². The van der Waals surface area contributed by atoms with E-state index in [1.165, 1.54) is 5.56 Å². The Bertz CT molecular complexity index is 557. The summed E-state index contributed by atoms with van der Waals surface area (Å²) in [7, 11) is 0. The summed E-state index contributed by atoms with van der Waals surface area (Å²) in [5.74, 6) is 0.117. The molecule has 4 heteroatoms. The van der Waals surface area contributed by atoms with Gasteiger partial charge < -0.3 is 10.4 Å². The summed E-state index contributed by atoms with van der Waals surface area (Å²) >= 11 is 9.31. The Morgan fingerprint density at radius 1 is 1.21 bits per heavy atom. The van der Waals surface area contributed by atoms with Crippen molar-refractivity contribution < 1.29 is 5.11 Å². The highest BCUT2D eigenvalue weighted by atomic mass is 79.9. The number of hydrogen-bond acceptors (Lipinski definition) is 2. The predicted molar refractivity (Wildman–Crippen MR) is 82.5 cm³/mol. The second-order valence-electron chi connectivity index (χ2n) is 4.44. The zero-order chi connectivity index (χ0) is 13.8. The number of hydrogen-bond donors (Lipinski definition) is 2. The molecule has 2 nitrogen and oxygen atoms in total. The molecule has 0 saturated carbocycles. The van der Waals surface area contributed by atoms with Gasteiger partial charge in [-0.2, -0.15) is 0 Å². The van der Waals surface area contributed by atoms with Gasteiger partial charge in [0.05, 0.1) is 5.02 Å². The van der Waals surface area contributed by atoms with Crippen LogP contribution in [0.5, 0.6) is 5.75 Å². The number of halogens is 2. The topological polar surface area (TPSA) is 32.3 Å². The van der Waals surface area contributed by atoms with E-state index in [1.807, 2.05) is 18.2 Å². The summed E-state index contributed by atoms with van der Waals surface area (Å²) in [6.07, 6.45) is 0. The number of benzene rings is 2. The smallest absolute Gasteiger partial charge is 0.134 e. The monoisotopic (exact) mass is 339 g/mol. The number of phenols is 1. The molecule has 0 saturated heterocycles. The molecular weight excluding hydrogens is 326 g/mol. The van der Waals surface area contributed by atoms with E-state index in [1.54, 1.807) is 12.1 Å². The number of phenolic OH excluding ortho intramolecular Hbond substituents is 1. The molecule has 0 bridgehead atoms. The standard InChI is InChI=1S/C15H15BrClNO/c1-10(12-3-5-13(16)6-4-12)18-9-11-2-7-15(19)14(17)8-11/h2-8,10,18-19H,9H2,1H3. The highest BCUT2D eigenvalue weighted by Crippen LogP contribution is 2.24. The molecule has 19 heavy (non-hydrogen) atoms. The number of rotatable bonds is 4. The molecule has 0 aromatic heterocycles. The Labute approximate surface area is 126 Å². The van der Waals surface area contributed by atoms with E-state index in [0.29, 0.717) is 11.6 Å². The van der Waals surface area contributed by atoms with Crippen molar-refractivity contribution in [3.05, 3.63) is 63.1 Å². The van der Waals surface area contributed by atoms with E-state index >= 15 is 0 Å². The summed E-state index contributed by atoms with van der Waals surface area (Å²) in [5.41, 5.74) is 2.28. The van der Waals surface area contributed by atoms with Crippen LogP contribution in [-0.4, -0.2) is 5.11 Å². The van der Waals surface area contributed by atoms with Gasteiger partial charge in [0.15, 0.2) is 0 Å². The quantitative estimate of drug-likeness (QED) is 0.848. The van der Waals surface area contributed by atoms with E-state index in [4.69, 9.17) is 11.6 Å². The van der Waals surface area contributed by atoms with Crippen LogP contribution in [0.4, 0.5) is 0 Å². The zero-order valence-corrected chi connectivity index (χ0v) is 12.9. The van der Waals surface area contributed by atoms with Gasteiger partial charge in [-0.3, -0.25) is 0 Å². The van der Waals surface area contributed by atoms with Gasteiger partial charge in [0.25, 0.3) is 0 Å². The highest BCUT2D eigenvalue weighted by molar-refractivity contribution is 9.10. The molecule has 0 aliphatic carbocycles. The van der Waals surface area contributed by atoms with Crippen LogP contribution in [0.15, 0.2) is 46.9 Å². The fourth-order valence-electron chi connectivity index (χ4n) is 1.80. The van der Waals surface area contributed by atoms with Crippen molar-refractivity contribution in [3.8, 4) is 5.75 Å². The van der Waals surface area contributed by atoms with Crippen LogP contribution in [0.1, 0.15) is 24.1 Å². The second-order valence-corrected chi connectivity index (χ2v) is 5.76. The minimum Gasteiger partial charge on any atom is -0.506 e. The van der Waals surface area contributed by atoms with E-state index < -0.39 is 0 Å². The molecule has 0 aliphatic rings. The van der Waals surface area contributed by atoms with Crippen LogP contribution < -0.4 is 5.32 Å². The third kappa shape index (κ3) is 3.96. The molecule has 0 aliphatic heterocycles. The lowest BCUT2D eigenvalue weighted by molar-refractivity contribution is 0.475. The molecular formula is C15H15BrClNO. The van der Waals surface area contributed by atoms with Gasteiger partial charge in [-0.25, -0.2) is 0 Å². The van der Waals surface area contributed by atoms with Crippen molar-refractivity contribution in [1.82, 2.24) is 5.32 Å². The highest BCUT2D eigenvalue weighted by Gasteiger charge is 2.05. The molecule has 0 spiro atoms. The van der Waals surface area contributed by atoms with Crippen molar-refractivity contribution >= 4 is 27.5 Å². The average Bonchev–Trinajstić information content (AvgIpc) is 2.40. The van der Waals surface area contributed by atoms with Crippen LogP contribution in [0.2, 0.25) is 5.02 Å². The van der Waals surface area contributed by atoms with Crippen LogP contribution >= 0.6 is 27.5 Å². The van der Waals surface area contributed by atoms with Crippen molar-refractivity contribution in [3.63, 3.8) is 0 Å². The van der Waals surface area contributed by atoms with E-state index in [2.05, 4.69) is 40.3 Å². The van der Waals surface area contributed by atoms with Crippen molar-refractivity contribution in [2.45, 2.75) is 19.5 Å². The van der Waals surface area contributed by atoms with Crippen LogP contribution in [0.25, 0.3) is 0 Å². The lowest BCUT2D eigenvalue weighted by atomic mass is 10.1. The SMILES string of the molecule is CC(NCc1ccc(O)c(Cl)c1)c1ccc(Br)cc1. The Hall–Kier alpha value is -1.03. The van der Waals surface area contributed by atoms with Gasteiger partial charge in [0.1, 0.15) is 5.75 Å². The summed E-state index contributed by atoms with van der Waals surface area (Å²) in [6.45, 7) is 2.82. The van der Waals surface area contributed by atoms with Gasteiger partial charge in [0.2, 0.25) is 0 Å². The molecule has 1 atom stereocenters. The summed E-state index contributed by atoms with van der Waals surface area (Å²) in [4.78, 5) is 0. The maximum Gasteiger partial charge on any atom is 0.134 e. The third-order valence-electron chi connectivity index (χ3n) is 2.99. The lowest BCUT2D eigenvalue weighted by Gasteiger charge is -2.14. The third-order valence-corrected chi connectivity index (χ3v) is 3.83. The first kappa shape index (κ1) is 14.4. The van der Waals surface area contributed by atoms with Crippen molar-refractivity contribution in [1.29, 1.82) is 0 Å². The first-order valence-electron chi connectivity index (χ1n) is 6.02. The average molecular weight is 341 g/mol. The minimum atomic E-state index is 0.117.